The zero-order valence-electron chi connectivity index (χ0n) is 6.37. The van der Waals surface area contributed by atoms with Crippen molar-refractivity contribution < 1.29 is 4.39 Å². The summed E-state index contributed by atoms with van der Waals surface area (Å²) in [5.74, 6) is -0.462. The Morgan fingerprint density at radius 1 is 1.50 bits per heavy atom. The molecule has 0 spiro atoms. The van der Waals surface area contributed by atoms with E-state index in [9.17, 15) is 4.39 Å². The number of pyridine rings is 1. The molecular weight excluding hydrogens is 157 g/mol. The first-order valence-corrected chi connectivity index (χ1v) is 3.74. The molecule has 4 heteroatoms. The van der Waals surface area contributed by atoms with Crippen LogP contribution in [-0.4, -0.2) is 17.7 Å². The lowest BCUT2D eigenvalue weighted by Gasteiger charge is -2.05. The minimum Gasteiger partial charge on any atom is -0.286 e. The zero-order valence-corrected chi connectivity index (χ0v) is 6.37. The van der Waals surface area contributed by atoms with E-state index in [2.05, 4.69) is 15.3 Å². The number of nitrogens with one attached hydrogen (secondary N) is 1. The number of hydrogen-bond donors (Lipinski definition) is 1. The van der Waals surface area contributed by atoms with Crippen molar-refractivity contribution in [2.24, 2.45) is 4.99 Å². The van der Waals surface area contributed by atoms with E-state index in [1.807, 2.05) is 0 Å². The summed E-state index contributed by atoms with van der Waals surface area (Å²) in [7, 11) is 0. The Hall–Kier alpha value is -1.29. The molecule has 62 valence electrons. The SMILES string of the molecule is Fc1cccc(C2N=CCN2)n1. The van der Waals surface area contributed by atoms with Crippen molar-refractivity contribution in [1.82, 2.24) is 10.3 Å². The van der Waals surface area contributed by atoms with Crippen molar-refractivity contribution in [3.05, 3.63) is 29.8 Å². The molecule has 0 radical (unpaired) electrons. The van der Waals surface area contributed by atoms with Gasteiger partial charge >= 0.3 is 0 Å². The molecule has 3 nitrogen and oxygen atoms in total. The smallest absolute Gasteiger partial charge is 0.213 e. The van der Waals surface area contributed by atoms with E-state index in [1.165, 1.54) is 6.07 Å². The van der Waals surface area contributed by atoms with Gasteiger partial charge in [-0.25, -0.2) is 4.98 Å². The Labute approximate surface area is 69.4 Å². The molecule has 1 aromatic heterocycles. The third-order valence-electron chi connectivity index (χ3n) is 1.67. The predicted molar refractivity (Wildman–Crippen MR) is 43.4 cm³/mol. The summed E-state index contributed by atoms with van der Waals surface area (Å²) in [5, 5.41) is 3.05. The van der Waals surface area contributed by atoms with Crippen LogP contribution >= 0.6 is 0 Å². The maximum Gasteiger partial charge on any atom is 0.213 e. The van der Waals surface area contributed by atoms with Crippen LogP contribution in [-0.2, 0) is 0 Å². The van der Waals surface area contributed by atoms with Crippen molar-refractivity contribution in [3.63, 3.8) is 0 Å². The Balaban J connectivity index is 2.27. The van der Waals surface area contributed by atoms with E-state index in [1.54, 1.807) is 18.3 Å². The molecule has 1 aliphatic heterocycles. The summed E-state index contributed by atoms with van der Waals surface area (Å²) in [6.07, 6.45) is 1.60. The van der Waals surface area contributed by atoms with E-state index < -0.39 is 5.95 Å². The van der Waals surface area contributed by atoms with Crippen molar-refractivity contribution in [2.45, 2.75) is 6.17 Å². The van der Waals surface area contributed by atoms with Crippen LogP contribution in [0, 0.1) is 5.95 Å². The Morgan fingerprint density at radius 3 is 3.08 bits per heavy atom. The van der Waals surface area contributed by atoms with Gasteiger partial charge in [0.1, 0.15) is 6.17 Å². The Morgan fingerprint density at radius 2 is 2.42 bits per heavy atom. The average Bonchev–Trinajstić information content (AvgIpc) is 2.56. The van der Waals surface area contributed by atoms with Gasteiger partial charge in [0, 0.05) is 12.8 Å². The van der Waals surface area contributed by atoms with E-state index in [0.29, 0.717) is 5.69 Å². The van der Waals surface area contributed by atoms with Crippen molar-refractivity contribution in [3.8, 4) is 0 Å². The lowest BCUT2D eigenvalue weighted by Crippen LogP contribution is -2.15. The van der Waals surface area contributed by atoms with Gasteiger partial charge in [0.2, 0.25) is 5.95 Å². The highest BCUT2D eigenvalue weighted by Gasteiger charge is 2.13. The van der Waals surface area contributed by atoms with Crippen LogP contribution < -0.4 is 5.32 Å². The van der Waals surface area contributed by atoms with Crippen LogP contribution in [0.15, 0.2) is 23.2 Å². The molecule has 1 aromatic rings. The fraction of sp³-hybridized carbons (Fsp3) is 0.250. The number of hydrogen-bond acceptors (Lipinski definition) is 3. The molecule has 0 amide bonds. The second kappa shape index (κ2) is 2.98. The minimum absolute atomic E-state index is 0.166. The molecule has 0 aliphatic carbocycles. The number of nitrogens with zero attached hydrogens (tertiary/aromatic N) is 2. The van der Waals surface area contributed by atoms with Gasteiger partial charge in [0.05, 0.1) is 5.69 Å². The second-order valence-corrected chi connectivity index (χ2v) is 2.53. The van der Waals surface area contributed by atoms with E-state index >= 15 is 0 Å². The van der Waals surface area contributed by atoms with Crippen LogP contribution in [0.3, 0.4) is 0 Å². The van der Waals surface area contributed by atoms with Crippen LogP contribution in [0.2, 0.25) is 0 Å². The van der Waals surface area contributed by atoms with Crippen molar-refractivity contribution in [2.75, 3.05) is 6.54 Å². The summed E-state index contributed by atoms with van der Waals surface area (Å²) in [6, 6.07) is 4.71. The average molecular weight is 165 g/mol. The lowest BCUT2D eigenvalue weighted by atomic mass is 10.3. The minimum atomic E-state index is -0.462. The number of aliphatic imine (C=N–C) groups is 1. The van der Waals surface area contributed by atoms with E-state index in [0.717, 1.165) is 6.54 Å². The highest BCUT2D eigenvalue weighted by molar-refractivity contribution is 5.62. The molecule has 2 heterocycles. The summed E-state index contributed by atoms with van der Waals surface area (Å²) in [5.41, 5.74) is 0.628. The largest absolute Gasteiger partial charge is 0.286 e. The highest BCUT2D eigenvalue weighted by Crippen LogP contribution is 2.13. The van der Waals surface area contributed by atoms with Gasteiger partial charge in [0.25, 0.3) is 0 Å². The fourth-order valence-corrected chi connectivity index (χ4v) is 1.13. The first-order chi connectivity index (χ1) is 5.86. The summed E-state index contributed by atoms with van der Waals surface area (Å²) < 4.78 is 12.6. The molecule has 0 saturated heterocycles. The molecule has 12 heavy (non-hydrogen) atoms. The van der Waals surface area contributed by atoms with Crippen molar-refractivity contribution >= 4 is 6.21 Å². The van der Waals surface area contributed by atoms with Crippen LogP contribution in [0.25, 0.3) is 0 Å². The van der Waals surface area contributed by atoms with Gasteiger partial charge in [-0.15, -0.1) is 0 Å². The molecule has 0 bridgehead atoms. The zero-order chi connectivity index (χ0) is 8.39. The maximum absolute atomic E-state index is 12.6. The standard InChI is InChI=1S/C8H8FN3/c9-7-3-1-2-6(12-7)8-10-4-5-11-8/h1-4,8,11H,5H2. The third kappa shape index (κ3) is 1.33. The summed E-state index contributed by atoms with van der Waals surface area (Å²) in [4.78, 5) is 7.79. The number of aromatic nitrogens is 1. The topological polar surface area (TPSA) is 37.3 Å². The summed E-state index contributed by atoms with van der Waals surface area (Å²) in [6.45, 7) is 0.725. The molecule has 0 saturated carbocycles. The molecule has 1 N–H and O–H groups in total. The molecule has 1 atom stereocenters. The maximum atomic E-state index is 12.6. The fourth-order valence-electron chi connectivity index (χ4n) is 1.13. The second-order valence-electron chi connectivity index (χ2n) is 2.53. The van der Waals surface area contributed by atoms with Gasteiger partial charge in [-0.1, -0.05) is 6.07 Å². The number of rotatable bonds is 1. The number of halogens is 1. The van der Waals surface area contributed by atoms with Gasteiger partial charge in [-0.3, -0.25) is 10.3 Å². The Kier molecular flexibility index (Phi) is 1.83. The third-order valence-corrected chi connectivity index (χ3v) is 1.67. The van der Waals surface area contributed by atoms with Gasteiger partial charge in [-0.2, -0.15) is 4.39 Å². The molecule has 0 fully saturated rings. The van der Waals surface area contributed by atoms with Crippen LogP contribution in [0.5, 0.6) is 0 Å². The lowest BCUT2D eigenvalue weighted by molar-refractivity contribution is 0.551. The predicted octanol–water partition coefficient (Wildman–Crippen LogP) is 0.893. The first-order valence-electron chi connectivity index (χ1n) is 3.74. The van der Waals surface area contributed by atoms with Gasteiger partial charge < -0.3 is 0 Å². The monoisotopic (exact) mass is 165 g/mol. The molecule has 1 unspecified atom stereocenters. The molecule has 0 aromatic carbocycles. The van der Waals surface area contributed by atoms with Gasteiger partial charge in [-0.05, 0) is 12.1 Å². The molecule has 2 rings (SSSR count). The first kappa shape index (κ1) is 7.36. The quantitative estimate of drug-likeness (QED) is 0.627. The normalized spacial score (nSPS) is 21.6. The van der Waals surface area contributed by atoms with Crippen molar-refractivity contribution in [1.29, 1.82) is 0 Å². The van der Waals surface area contributed by atoms with Gasteiger partial charge in [0.15, 0.2) is 0 Å². The molecule has 1 aliphatic rings. The van der Waals surface area contributed by atoms with E-state index in [4.69, 9.17) is 0 Å². The highest BCUT2D eigenvalue weighted by atomic mass is 19.1. The summed E-state index contributed by atoms with van der Waals surface area (Å²) >= 11 is 0. The van der Waals surface area contributed by atoms with Crippen LogP contribution in [0.4, 0.5) is 4.39 Å². The Bertz CT molecular complexity index is 311. The van der Waals surface area contributed by atoms with Crippen LogP contribution in [0.1, 0.15) is 11.9 Å². The molecular formula is C8H8FN3. The van der Waals surface area contributed by atoms with E-state index in [-0.39, 0.29) is 6.17 Å².